The van der Waals surface area contributed by atoms with Gasteiger partial charge in [-0.1, -0.05) is 207 Å². The first-order chi connectivity index (χ1) is 28.1. The van der Waals surface area contributed by atoms with Crippen LogP contribution in [0.4, 0.5) is 0 Å². The van der Waals surface area contributed by atoms with E-state index in [2.05, 4.69) is 34.7 Å². The molecule has 0 bridgehead atoms. The quantitative estimate of drug-likeness (QED) is 0.0258. The standard InChI is InChI=1S/C48H96NO8P/c1-6-10-12-14-16-18-20-22-24-26-28-30-32-34-36-38-47(50)54-44-46(45-56-58(52,53)55-43-42-49(5,40-8-3)41-9-4)57-48(51)39-37-35-33-31-29-27-25-23-21-19-17-15-13-11-7-2/h46H,6-45H2,1-5H3. The third kappa shape index (κ3) is 39.2. The summed E-state index contributed by atoms with van der Waals surface area (Å²) in [6.07, 6.45) is 38.9. The lowest BCUT2D eigenvalue weighted by molar-refractivity contribution is -0.909. The first kappa shape index (κ1) is 57.0. The van der Waals surface area contributed by atoms with Crippen LogP contribution in [0.2, 0.25) is 0 Å². The van der Waals surface area contributed by atoms with Gasteiger partial charge in [0.2, 0.25) is 0 Å². The van der Waals surface area contributed by atoms with Crippen LogP contribution in [0.3, 0.4) is 0 Å². The number of carbonyl (C=O) groups excluding carboxylic acids is 2. The average molecular weight is 846 g/mol. The summed E-state index contributed by atoms with van der Waals surface area (Å²) in [7, 11) is -2.55. The lowest BCUT2D eigenvalue weighted by atomic mass is 10.0. The van der Waals surface area contributed by atoms with Crippen LogP contribution < -0.4 is 4.89 Å². The van der Waals surface area contributed by atoms with Gasteiger partial charge in [-0.15, -0.1) is 0 Å². The minimum absolute atomic E-state index is 0.00909. The molecule has 9 nitrogen and oxygen atoms in total. The molecule has 58 heavy (non-hydrogen) atoms. The number of unbranched alkanes of at least 4 members (excludes halogenated alkanes) is 28. The molecule has 0 aromatic heterocycles. The molecule has 0 aromatic rings. The molecule has 346 valence electrons. The zero-order chi connectivity index (χ0) is 42.8. The summed E-state index contributed by atoms with van der Waals surface area (Å²) >= 11 is 0. The fourth-order valence-electron chi connectivity index (χ4n) is 7.90. The summed E-state index contributed by atoms with van der Waals surface area (Å²) in [5.41, 5.74) is 0. The minimum Gasteiger partial charge on any atom is -0.756 e. The monoisotopic (exact) mass is 846 g/mol. The predicted octanol–water partition coefficient (Wildman–Crippen LogP) is 13.7. The van der Waals surface area contributed by atoms with Crippen LogP contribution in [0.1, 0.15) is 246 Å². The molecule has 0 radical (unpaired) electrons. The maximum absolute atomic E-state index is 12.8. The number of nitrogens with zero attached hydrogens (tertiary/aromatic N) is 1. The molecular weight excluding hydrogens is 750 g/mol. The topological polar surface area (TPSA) is 111 Å². The Labute approximate surface area is 359 Å². The molecule has 0 saturated heterocycles. The van der Waals surface area contributed by atoms with Crippen molar-refractivity contribution in [1.29, 1.82) is 0 Å². The fourth-order valence-corrected chi connectivity index (χ4v) is 8.63. The second-order valence-corrected chi connectivity index (χ2v) is 19.0. The smallest absolute Gasteiger partial charge is 0.306 e. The van der Waals surface area contributed by atoms with Gasteiger partial charge in [0.25, 0.3) is 7.82 Å². The zero-order valence-corrected chi connectivity index (χ0v) is 39.9. The van der Waals surface area contributed by atoms with E-state index in [1.165, 1.54) is 154 Å². The van der Waals surface area contributed by atoms with Crippen LogP contribution in [0.5, 0.6) is 0 Å². The first-order valence-electron chi connectivity index (χ1n) is 24.9. The number of likely N-dealkylation sites (N-methyl/N-ethyl adjacent to an activating group) is 1. The Morgan fingerprint density at radius 1 is 0.466 bits per heavy atom. The lowest BCUT2D eigenvalue weighted by Gasteiger charge is -2.35. The Kier molecular flexibility index (Phi) is 40.7. The van der Waals surface area contributed by atoms with Gasteiger partial charge in [0.05, 0.1) is 26.7 Å². The van der Waals surface area contributed by atoms with E-state index in [9.17, 15) is 19.0 Å². The Morgan fingerprint density at radius 3 is 1.17 bits per heavy atom. The maximum atomic E-state index is 12.8. The summed E-state index contributed by atoms with van der Waals surface area (Å²) in [5, 5.41) is 0. The van der Waals surface area contributed by atoms with E-state index < -0.39 is 26.5 Å². The molecular formula is C48H96NO8P. The van der Waals surface area contributed by atoms with Crippen molar-refractivity contribution in [3.05, 3.63) is 0 Å². The van der Waals surface area contributed by atoms with Crippen LogP contribution in [0.15, 0.2) is 0 Å². The SMILES string of the molecule is CCCCCCCCCCCCCCCCCC(=O)OCC(COP(=O)([O-])OCC[N+](C)(CCC)CCC)OC(=O)CCCCCCCCCCCCCCCCC. The molecule has 0 N–H and O–H groups in total. The highest BCUT2D eigenvalue weighted by molar-refractivity contribution is 7.45. The molecule has 0 heterocycles. The van der Waals surface area contributed by atoms with E-state index in [1.54, 1.807) is 0 Å². The highest BCUT2D eigenvalue weighted by Crippen LogP contribution is 2.38. The first-order valence-corrected chi connectivity index (χ1v) is 26.4. The second-order valence-electron chi connectivity index (χ2n) is 17.6. The average Bonchev–Trinajstić information content (AvgIpc) is 3.19. The Morgan fingerprint density at radius 2 is 0.810 bits per heavy atom. The predicted molar refractivity (Wildman–Crippen MR) is 241 cm³/mol. The molecule has 0 rings (SSSR count). The molecule has 0 saturated carbocycles. The van der Waals surface area contributed by atoms with Crippen LogP contribution >= 0.6 is 7.82 Å². The number of phosphoric ester groups is 1. The van der Waals surface area contributed by atoms with Crippen molar-refractivity contribution in [3.63, 3.8) is 0 Å². The van der Waals surface area contributed by atoms with E-state index in [0.29, 0.717) is 13.0 Å². The summed E-state index contributed by atoms with van der Waals surface area (Å²) in [5.74, 6) is -0.806. The number of rotatable bonds is 46. The van der Waals surface area contributed by atoms with Crippen molar-refractivity contribution in [2.45, 2.75) is 252 Å². The number of hydrogen-bond donors (Lipinski definition) is 0. The maximum Gasteiger partial charge on any atom is 0.306 e. The summed E-state index contributed by atoms with van der Waals surface area (Å²) in [4.78, 5) is 38.1. The van der Waals surface area contributed by atoms with E-state index in [0.717, 1.165) is 62.5 Å². The van der Waals surface area contributed by atoms with E-state index in [-0.39, 0.29) is 32.0 Å². The third-order valence-electron chi connectivity index (χ3n) is 11.5. The highest BCUT2D eigenvalue weighted by Gasteiger charge is 2.23. The van der Waals surface area contributed by atoms with Crippen molar-refractivity contribution < 1.29 is 42.1 Å². The second kappa shape index (κ2) is 41.4. The van der Waals surface area contributed by atoms with E-state index >= 15 is 0 Å². The number of esters is 2. The van der Waals surface area contributed by atoms with E-state index in [1.807, 2.05) is 0 Å². The Balaban J connectivity index is 4.52. The van der Waals surface area contributed by atoms with Gasteiger partial charge in [-0.05, 0) is 25.7 Å². The Hall–Kier alpha value is -0.990. The van der Waals surface area contributed by atoms with Gasteiger partial charge < -0.3 is 27.9 Å². The van der Waals surface area contributed by atoms with Crippen LogP contribution in [-0.2, 0) is 32.7 Å². The fraction of sp³-hybridized carbons (Fsp3) is 0.958. The third-order valence-corrected chi connectivity index (χ3v) is 12.5. The zero-order valence-electron chi connectivity index (χ0n) is 39.0. The number of carbonyl (C=O) groups is 2. The Bertz CT molecular complexity index is 960. The minimum atomic E-state index is -4.65. The van der Waals surface area contributed by atoms with Crippen LogP contribution in [0, 0.1) is 0 Å². The molecule has 2 atom stereocenters. The molecule has 0 spiro atoms. The molecule has 2 unspecified atom stereocenters. The number of phosphoric acid groups is 1. The van der Waals surface area contributed by atoms with Gasteiger partial charge in [0, 0.05) is 12.8 Å². The summed E-state index contributed by atoms with van der Waals surface area (Å²) < 4.78 is 34.9. The molecule has 0 amide bonds. The number of hydrogen-bond acceptors (Lipinski definition) is 8. The van der Waals surface area contributed by atoms with Crippen molar-refractivity contribution in [2.75, 3.05) is 46.5 Å². The summed E-state index contributed by atoms with van der Waals surface area (Å²) in [6, 6.07) is 0. The lowest BCUT2D eigenvalue weighted by Crippen LogP contribution is -2.47. The van der Waals surface area contributed by atoms with Crippen molar-refractivity contribution in [2.24, 2.45) is 0 Å². The van der Waals surface area contributed by atoms with Gasteiger partial charge in [0.15, 0.2) is 6.10 Å². The molecule has 0 aliphatic heterocycles. The highest BCUT2D eigenvalue weighted by atomic mass is 31.2. The molecule has 0 aromatic carbocycles. The molecule has 0 fully saturated rings. The molecule has 0 aliphatic rings. The van der Waals surface area contributed by atoms with Crippen molar-refractivity contribution in [3.8, 4) is 0 Å². The summed E-state index contributed by atoms with van der Waals surface area (Å²) in [6.45, 7) is 10.5. The molecule has 0 aliphatic carbocycles. The van der Waals surface area contributed by atoms with Gasteiger partial charge in [-0.25, -0.2) is 0 Å². The molecule has 10 heteroatoms. The number of ether oxygens (including phenoxy) is 2. The van der Waals surface area contributed by atoms with Crippen LogP contribution in [0.25, 0.3) is 0 Å². The van der Waals surface area contributed by atoms with Crippen molar-refractivity contribution >= 4 is 19.8 Å². The van der Waals surface area contributed by atoms with Gasteiger partial charge >= 0.3 is 11.9 Å². The van der Waals surface area contributed by atoms with Gasteiger partial charge in [-0.3, -0.25) is 14.2 Å². The van der Waals surface area contributed by atoms with Gasteiger partial charge in [-0.2, -0.15) is 0 Å². The van der Waals surface area contributed by atoms with Gasteiger partial charge in [0.1, 0.15) is 19.8 Å². The largest absolute Gasteiger partial charge is 0.756 e. The van der Waals surface area contributed by atoms with Crippen molar-refractivity contribution in [1.82, 2.24) is 0 Å². The number of quaternary nitrogens is 1. The van der Waals surface area contributed by atoms with E-state index in [4.69, 9.17) is 18.5 Å². The van der Waals surface area contributed by atoms with Crippen LogP contribution in [-0.4, -0.2) is 69.0 Å². The normalized spacial score (nSPS) is 13.4.